The zero-order chi connectivity index (χ0) is 24.7. The van der Waals surface area contributed by atoms with Gasteiger partial charge in [0.15, 0.2) is 12.4 Å². The van der Waals surface area contributed by atoms with Crippen LogP contribution in [0.1, 0.15) is 22.3 Å². The molecule has 1 atom stereocenters. The Morgan fingerprint density at radius 2 is 1.91 bits per heavy atom. The van der Waals surface area contributed by atoms with E-state index in [0.717, 1.165) is 0 Å². The van der Waals surface area contributed by atoms with E-state index in [1.54, 1.807) is 43.5 Å². The third-order valence-corrected chi connectivity index (χ3v) is 5.62. The Kier molecular flexibility index (Phi) is 8.42. The summed E-state index contributed by atoms with van der Waals surface area (Å²) in [6.07, 6.45) is 3.74. The Hall–Kier alpha value is -3.66. The minimum absolute atomic E-state index is 0.106. The zero-order valence-electron chi connectivity index (χ0n) is 19.0. The molecule has 0 saturated carbocycles. The van der Waals surface area contributed by atoms with Crippen LogP contribution in [-0.2, 0) is 9.59 Å². The molecule has 2 N–H and O–H groups in total. The van der Waals surface area contributed by atoms with Gasteiger partial charge in [0.2, 0.25) is 5.78 Å². The normalized spacial score (nSPS) is 14.2. The summed E-state index contributed by atoms with van der Waals surface area (Å²) in [6, 6.07) is 8.82. The molecular weight excluding hydrogens is 462 g/mol. The van der Waals surface area contributed by atoms with Gasteiger partial charge >= 0.3 is 5.97 Å². The van der Waals surface area contributed by atoms with Crippen molar-refractivity contribution in [3.05, 3.63) is 53.3 Å². The quantitative estimate of drug-likeness (QED) is 0.461. The number of carboxylic acids is 1. The number of allylic oxidation sites excluding steroid dienone is 1. The number of hydrogen-bond donors (Lipinski definition) is 2. The number of benzene rings is 2. The Morgan fingerprint density at radius 1 is 1.15 bits per heavy atom. The number of fused-ring (bicyclic) bond motifs is 1. The van der Waals surface area contributed by atoms with Crippen LogP contribution in [-0.4, -0.2) is 61.6 Å². The summed E-state index contributed by atoms with van der Waals surface area (Å²) in [6.45, 7) is -0.376. The average Bonchev–Trinajstić information content (AvgIpc) is 3.14. The van der Waals surface area contributed by atoms with Crippen LogP contribution < -0.4 is 24.3 Å². The molecule has 9 nitrogen and oxygen atoms in total. The van der Waals surface area contributed by atoms with Crippen molar-refractivity contribution in [3.8, 4) is 23.0 Å². The van der Waals surface area contributed by atoms with Gasteiger partial charge in [-0.25, -0.2) is 4.79 Å². The molecule has 2 aromatic rings. The predicted octanol–water partition coefficient (Wildman–Crippen LogP) is 3.02. The van der Waals surface area contributed by atoms with E-state index in [2.05, 4.69) is 5.32 Å². The molecule has 0 fully saturated rings. The van der Waals surface area contributed by atoms with Gasteiger partial charge in [-0.05, 0) is 54.8 Å². The summed E-state index contributed by atoms with van der Waals surface area (Å²) in [4.78, 5) is 36.2. The highest BCUT2D eigenvalue weighted by molar-refractivity contribution is 7.98. The topological polar surface area (TPSA) is 120 Å². The maximum absolute atomic E-state index is 12.8. The maximum Gasteiger partial charge on any atom is 0.326 e. The van der Waals surface area contributed by atoms with Crippen LogP contribution >= 0.6 is 11.8 Å². The smallest absolute Gasteiger partial charge is 0.326 e. The average molecular weight is 488 g/mol. The number of aliphatic carboxylic acids is 1. The summed E-state index contributed by atoms with van der Waals surface area (Å²) in [5.74, 6) is 0.492. The van der Waals surface area contributed by atoms with Gasteiger partial charge in [0, 0.05) is 11.6 Å². The molecule has 0 aromatic heterocycles. The van der Waals surface area contributed by atoms with Crippen molar-refractivity contribution in [3.63, 3.8) is 0 Å². The first-order valence-electron chi connectivity index (χ1n) is 10.3. The van der Waals surface area contributed by atoms with Gasteiger partial charge in [0.1, 0.15) is 29.0 Å². The fraction of sp³-hybridized carbons (Fsp3) is 0.292. The largest absolute Gasteiger partial charge is 0.497 e. The molecule has 1 aliphatic heterocycles. The number of ether oxygens (including phenoxy) is 4. The molecule has 0 unspecified atom stereocenters. The minimum Gasteiger partial charge on any atom is -0.497 e. The van der Waals surface area contributed by atoms with Crippen molar-refractivity contribution in [2.75, 3.05) is 32.8 Å². The fourth-order valence-electron chi connectivity index (χ4n) is 3.23. The number of carbonyl (C=O) groups excluding carboxylic acids is 2. The van der Waals surface area contributed by atoms with Crippen LogP contribution in [0, 0.1) is 0 Å². The highest BCUT2D eigenvalue weighted by Crippen LogP contribution is 2.36. The van der Waals surface area contributed by atoms with Crippen molar-refractivity contribution in [1.82, 2.24) is 5.32 Å². The van der Waals surface area contributed by atoms with Gasteiger partial charge in [0.25, 0.3) is 5.91 Å². The molecule has 0 saturated heterocycles. The third-order valence-electron chi connectivity index (χ3n) is 4.98. The lowest BCUT2D eigenvalue weighted by atomic mass is 10.1. The predicted molar refractivity (Wildman–Crippen MR) is 127 cm³/mol. The Morgan fingerprint density at radius 3 is 2.59 bits per heavy atom. The number of thioether (sulfide) groups is 1. The lowest BCUT2D eigenvalue weighted by Gasteiger charge is -2.14. The SMILES string of the molecule is COc1ccc(OC)c(C=C2Oc3cc(OCC(=O)N[C@@H](CCSC)C(=O)O)ccc3C2=O)c1. The summed E-state index contributed by atoms with van der Waals surface area (Å²) in [5.41, 5.74) is 0.966. The fourth-order valence-corrected chi connectivity index (χ4v) is 3.70. The van der Waals surface area contributed by atoms with Crippen LogP contribution in [0.25, 0.3) is 6.08 Å². The molecule has 1 amide bonds. The number of hydrogen-bond acceptors (Lipinski definition) is 8. The summed E-state index contributed by atoms with van der Waals surface area (Å²) in [7, 11) is 3.07. The molecule has 0 aliphatic carbocycles. The number of rotatable bonds is 11. The highest BCUT2D eigenvalue weighted by atomic mass is 32.2. The first-order valence-corrected chi connectivity index (χ1v) is 11.7. The van der Waals surface area contributed by atoms with Gasteiger partial charge in [-0.3, -0.25) is 9.59 Å². The van der Waals surface area contributed by atoms with E-state index in [1.165, 1.54) is 24.9 Å². The molecular formula is C24H25NO8S. The number of Topliss-reactive ketones (excluding diaryl/α,β-unsaturated/α-hetero) is 1. The Balaban J connectivity index is 1.68. The van der Waals surface area contributed by atoms with Crippen molar-refractivity contribution >= 4 is 35.5 Å². The second-order valence-electron chi connectivity index (χ2n) is 7.23. The minimum atomic E-state index is -1.10. The molecule has 0 radical (unpaired) electrons. The lowest BCUT2D eigenvalue weighted by Crippen LogP contribution is -2.43. The molecule has 1 aliphatic rings. The molecule has 180 valence electrons. The summed E-state index contributed by atoms with van der Waals surface area (Å²) >= 11 is 1.50. The van der Waals surface area contributed by atoms with E-state index in [1.807, 2.05) is 6.26 Å². The molecule has 3 rings (SSSR count). The Bertz CT molecular complexity index is 1110. The highest BCUT2D eigenvalue weighted by Gasteiger charge is 2.28. The first kappa shape index (κ1) is 25.0. The second-order valence-corrected chi connectivity index (χ2v) is 8.22. The van der Waals surface area contributed by atoms with E-state index in [0.29, 0.717) is 46.3 Å². The lowest BCUT2D eigenvalue weighted by molar-refractivity contribution is -0.142. The van der Waals surface area contributed by atoms with Gasteiger partial charge in [-0.2, -0.15) is 11.8 Å². The van der Waals surface area contributed by atoms with Gasteiger partial charge < -0.3 is 29.4 Å². The third kappa shape index (κ3) is 6.02. The van der Waals surface area contributed by atoms with Gasteiger partial charge in [-0.1, -0.05) is 0 Å². The number of methoxy groups -OCH3 is 2. The maximum atomic E-state index is 12.8. The van der Waals surface area contributed by atoms with Crippen molar-refractivity contribution < 1.29 is 38.4 Å². The number of nitrogens with one attached hydrogen (secondary N) is 1. The van der Waals surface area contributed by atoms with E-state index in [4.69, 9.17) is 18.9 Å². The van der Waals surface area contributed by atoms with E-state index in [-0.39, 0.29) is 18.1 Å². The van der Waals surface area contributed by atoms with Crippen molar-refractivity contribution in [2.24, 2.45) is 0 Å². The molecule has 1 heterocycles. The van der Waals surface area contributed by atoms with Crippen LogP contribution in [0.3, 0.4) is 0 Å². The van der Waals surface area contributed by atoms with E-state index >= 15 is 0 Å². The molecule has 34 heavy (non-hydrogen) atoms. The van der Waals surface area contributed by atoms with Crippen LogP contribution in [0.15, 0.2) is 42.2 Å². The van der Waals surface area contributed by atoms with Crippen LogP contribution in [0.4, 0.5) is 0 Å². The monoisotopic (exact) mass is 487 g/mol. The van der Waals surface area contributed by atoms with Crippen molar-refractivity contribution in [2.45, 2.75) is 12.5 Å². The van der Waals surface area contributed by atoms with E-state index in [9.17, 15) is 19.5 Å². The number of carboxylic acid groups (broad SMARTS) is 1. The van der Waals surface area contributed by atoms with Gasteiger partial charge in [-0.15, -0.1) is 0 Å². The standard InChI is InChI=1S/C24H25NO8S/c1-30-15-5-7-19(31-2)14(10-15)11-21-23(27)17-6-4-16(12-20(17)33-21)32-13-22(26)25-18(24(28)29)8-9-34-3/h4-7,10-12,18H,8-9,13H2,1-3H3,(H,25,26)(H,28,29)/t18-/m0/s1. The second kappa shape index (κ2) is 11.5. The van der Waals surface area contributed by atoms with Gasteiger partial charge in [0.05, 0.1) is 19.8 Å². The summed E-state index contributed by atoms with van der Waals surface area (Å²) in [5, 5.41) is 11.7. The van der Waals surface area contributed by atoms with Crippen LogP contribution in [0.5, 0.6) is 23.0 Å². The van der Waals surface area contributed by atoms with E-state index < -0.39 is 17.9 Å². The zero-order valence-corrected chi connectivity index (χ0v) is 19.8. The molecule has 2 aromatic carbocycles. The number of ketones is 1. The molecule has 0 spiro atoms. The molecule has 0 bridgehead atoms. The van der Waals surface area contributed by atoms with Crippen LogP contribution in [0.2, 0.25) is 0 Å². The molecule has 10 heteroatoms. The van der Waals surface area contributed by atoms with Crippen molar-refractivity contribution in [1.29, 1.82) is 0 Å². The number of amides is 1. The first-order chi connectivity index (χ1) is 16.4. The summed E-state index contributed by atoms with van der Waals surface area (Å²) < 4.78 is 21.8. The number of carbonyl (C=O) groups is 3. The Labute approximate surface area is 201 Å².